The number of aromatic carboxylic acids is 1. The van der Waals surface area contributed by atoms with E-state index < -0.39 is 22.2 Å². The molecule has 3 aromatic rings. The summed E-state index contributed by atoms with van der Waals surface area (Å²) >= 11 is 0. The zero-order valence-corrected chi connectivity index (χ0v) is 17.4. The standard InChI is InChI=1S/C23H16N2O6S/c26-22-20-13-19(8-4-7-16-5-2-1-3-6-16)24-14-21(20)31-32(29,30)25(22)15-17-9-11-18(12-10-17)23(27)28/h1-3,5-6,9-14H,7,15H2,(H,27,28). The fourth-order valence-electron chi connectivity index (χ4n) is 3.04. The molecule has 2 heterocycles. The summed E-state index contributed by atoms with van der Waals surface area (Å²) in [5.74, 6) is 3.80. The van der Waals surface area contributed by atoms with Gasteiger partial charge < -0.3 is 9.29 Å². The molecule has 1 aromatic heterocycles. The Bertz CT molecular complexity index is 1360. The molecule has 1 aliphatic heterocycles. The van der Waals surface area contributed by atoms with E-state index in [1.165, 1.54) is 30.3 Å². The van der Waals surface area contributed by atoms with Gasteiger partial charge in [-0.2, -0.15) is 12.7 Å². The van der Waals surface area contributed by atoms with Crippen LogP contribution in [0, 0.1) is 11.8 Å². The fraction of sp³-hybridized carbons (Fsp3) is 0.0870. The summed E-state index contributed by atoms with van der Waals surface area (Å²) in [5, 5.41) is 8.99. The zero-order chi connectivity index (χ0) is 22.7. The molecule has 0 atom stereocenters. The molecular formula is C23H16N2O6S. The van der Waals surface area contributed by atoms with Crippen molar-refractivity contribution < 1.29 is 27.3 Å². The van der Waals surface area contributed by atoms with Gasteiger partial charge in [0.25, 0.3) is 5.91 Å². The molecule has 8 nitrogen and oxygen atoms in total. The lowest BCUT2D eigenvalue weighted by Crippen LogP contribution is -2.42. The summed E-state index contributed by atoms with van der Waals surface area (Å²) in [5.41, 5.74) is 1.84. The molecule has 160 valence electrons. The third-order valence-electron chi connectivity index (χ3n) is 4.67. The molecule has 0 spiro atoms. The summed E-state index contributed by atoms with van der Waals surface area (Å²) in [6.45, 7) is -0.308. The number of hydrogen-bond acceptors (Lipinski definition) is 6. The molecule has 0 saturated carbocycles. The van der Waals surface area contributed by atoms with Gasteiger partial charge in [0, 0.05) is 6.42 Å². The van der Waals surface area contributed by atoms with Gasteiger partial charge in [0.2, 0.25) is 0 Å². The number of fused-ring (bicyclic) bond motifs is 1. The van der Waals surface area contributed by atoms with E-state index in [1.807, 2.05) is 30.3 Å². The van der Waals surface area contributed by atoms with E-state index in [4.69, 9.17) is 9.29 Å². The maximum absolute atomic E-state index is 13.0. The van der Waals surface area contributed by atoms with Crippen molar-refractivity contribution in [2.24, 2.45) is 0 Å². The number of carbonyl (C=O) groups excluding carboxylic acids is 1. The summed E-state index contributed by atoms with van der Waals surface area (Å²) < 4.78 is 30.6. The predicted octanol–water partition coefficient (Wildman–Crippen LogP) is 2.65. The first-order valence-electron chi connectivity index (χ1n) is 9.45. The van der Waals surface area contributed by atoms with E-state index in [1.54, 1.807) is 0 Å². The summed E-state index contributed by atoms with van der Waals surface area (Å²) in [7, 11) is -4.39. The largest absolute Gasteiger partial charge is 0.478 e. The third kappa shape index (κ3) is 4.45. The second-order valence-electron chi connectivity index (χ2n) is 6.88. The van der Waals surface area contributed by atoms with Crippen molar-refractivity contribution in [3.05, 3.63) is 94.8 Å². The normalized spacial score (nSPS) is 14.0. The van der Waals surface area contributed by atoms with Crippen LogP contribution in [0.2, 0.25) is 0 Å². The number of carbonyl (C=O) groups is 2. The topological polar surface area (TPSA) is 114 Å². The van der Waals surface area contributed by atoms with Crippen LogP contribution in [0.5, 0.6) is 5.75 Å². The Hall–Kier alpha value is -4.16. The highest BCUT2D eigenvalue weighted by Gasteiger charge is 2.38. The lowest BCUT2D eigenvalue weighted by molar-refractivity contribution is 0.0695. The van der Waals surface area contributed by atoms with Gasteiger partial charge in [-0.1, -0.05) is 48.4 Å². The molecule has 1 aliphatic rings. The second kappa shape index (κ2) is 8.53. The van der Waals surface area contributed by atoms with Crippen LogP contribution < -0.4 is 4.18 Å². The van der Waals surface area contributed by atoms with Gasteiger partial charge in [-0.15, -0.1) is 0 Å². The lowest BCUT2D eigenvalue weighted by Gasteiger charge is -2.27. The van der Waals surface area contributed by atoms with Crippen LogP contribution in [0.25, 0.3) is 0 Å². The number of nitrogens with zero attached hydrogens (tertiary/aromatic N) is 2. The van der Waals surface area contributed by atoms with Crippen LogP contribution in [-0.4, -0.2) is 34.7 Å². The van der Waals surface area contributed by atoms with Crippen molar-refractivity contribution in [3.63, 3.8) is 0 Å². The minimum Gasteiger partial charge on any atom is -0.478 e. The summed E-state index contributed by atoms with van der Waals surface area (Å²) in [4.78, 5) is 28.0. The Morgan fingerprint density at radius 1 is 1.06 bits per heavy atom. The van der Waals surface area contributed by atoms with Gasteiger partial charge in [-0.05, 0) is 35.2 Å². The fourth-order valence-corrected chi connectivity index (χ4v) is 4.10. The molecule has 0 radical (unpaired) electrons. The molecule has 1 amide bonds. The lowest BCUT2D eigenvalue weighted by atomic mass is 10.1. The molecule has 4 rings (SSSR count). The average molecular weight is 448 g/mol. The van der Waals surface area contributed by atoms with E-state index in [2.05, 4.69) is 16.8 Å². The molecule has 0 fully saturated rings. The quantitative estimate of drug-likeness (QED) is 0.611. The average Bonchev–Trinajstić information content (AvgIpc) is 2.78. The Kier molecular flexibility index (Phi) is 5.62. The molecule has 32 heavy (non-hydrogen) atoms. The monoisotopic (exact) mass is 448 g/mol. The predicted molar refractivity (Wildman–Crippen MR) is 114 cm³/mol. The molecule has 2 aromatic carbocycles. The molecule has 0 aliphatic carbocycles. The highest BCUT2D eigenvalue weighted by Crippen LogP contribution is 2.30. The number of hydrogen-bond donors (Lipinski definition) is 1. The van der Waals surface area contributed by atoms with Gasteiger partial charge in [0.05, 0.1) is 23.9 Å². The second-order valence-corrected chi connectivity index (χ2v) is 8.35. The van der Waals surface area contributed by atoms with Gasteiger partial charge >= 0.3 is 16.3 Å². The number of benzene rings is 2. The van der Waals surface area contributed by atoms with E-state index >= 15 is 0 Å². The highest BCUT2D eigenvalue weighted by atomic mass is 32.2. The third-order valence-corrected chi connectivity index (χ3v) is 5.89. The van der Waals surface area contributed by atoms with Crippen LogP contribution in [-0.2, 0) is 23.3 Å². The van der Waals surface area contributed by atoms with Crippen LogP contribution in [0.3, 0.4) is 0 Å². The van der Waals surface area contributed by atoms with Crippen LogP contribution >= 0.6 is 0 Å². The maximum Gasteiger partial charge on any atom is 0.412 e. The van der Waals surface area contributed by atoms with E-state index in [0.717, 1.165) is 11.8 Å². The van der Waals surface area contributed by atoms with Crippen LogP contribution in [0.15, 0.2) is 66.9 Å². The summed E-state index contributed by atoms with van der Waals surface area (Å²) in [6.07, 6.45) is 1.66. The Balaban J connectivity index is 1.58. The Morgan fingerprint density at radius 2 is 1.78 bits per heavy atom. The number of rotatable bonds is 4. The SMILES string of the molecule is O=C(O)c1ccc(CN2C(=O)c3cc(C#CCc4ccccc4)ncc3OS2(=O)=O)cc1. The molecular weight excluding hydrogens is 432 g/mol. The van der Waals surface area contributed by atoms with E-state index in [0.29, 0.717) is 22.0 Å². The van der Waals surface area contributed by atoms with Crippen molar-refractivity contribution >= 4 is 22.2 Å². The van der Waals surface area contributed by atoms with Crippen LogP contribution in [0.1, 0.15) is 37.5 Å². The molecule has 0 bridgehead atoms. The first-order chi connectivity index (χ1) is 15.3. The van der Waals surface area contributed by atoms with E-state index in [9.17, 15) is 18.0 Å². The number of carboxylic acid groups (broad SMARTS) is 1. The first-order valence-corrected chi connectivity index (χ1v) is 10.8. The van der Waals surface area contributed by atoms with Gasteiger partial charge in [-0.3, -0.25) is 4.79 Å². The number of carboxylic acids is 1. The number of pyridine rings is 1. The number of aromatic nitrogens is 1. The zero-order valence-electron chi connectivity index (χ0n) is 16.6. The van der Waals surface area contributed by atoms with Crippen molar-refractivity contribution in [3.8, 4) is 17.6 Å². The Labute approximate surface area is 184 Å². The van der Waals surface area contributed by atoms with Crippen LogP contribution in [0.4, 0.5) is 0 Å². The first kappa shape index (κ1) is 21.1. The van der Waals surface area contributed by atoms with Gasteiger partial charge in [0.1, 0.15) is 5.69 Å². The number of amides is 1. The van der Waals surface area contributed by atoms with Crippen molar-refractivity contribution in [1.82, 2.24) is 9.29 Å². The highest BCUT2D eigenvalue weighted by molar-refractivity contribution is 7.85. The molecule has 0 unspecified atom stereocenters. The smallest absolute Gasteiger partial charge is 0.412 e. The van der Waals surface area contributed by atoms with E-state index in [-0.39, 0.29) is 23.4 Å². The van der Waals surface area contributed by atoms with Crippen molar-refractivity contribution in [2.75, 3.05) is 0 Å². The maximum atomic E-state index is 13.0. The minimum absolute atomic E-state index is 0.0287. The Morgan fingerprint density at radius 3 is 2.47 bits per heavy atom. The molecule has 9 heteroatoms. The van der Waals surface area contributed by atoms with Crippen molar-refractivity contribution in [1.29, 1.82) is 0 Å². The summed E-state index contributed by atoms with van der Waals surface area (Å²) in [6, 6.07) is 16.6. The van der Waals surface area contributed by atoms with Crippen molar-refractivity contribution in [2.45, 2.75) is 13.0 Å². The molecule has 0 saturated heterocycles. The molecule has 1 N–H and O–H groups in total. The minimum atomic E-state index is -4.39. The van der Waals surface area contributed by atoms with Gasteiger partial charge in [-0.25, -0.2) is 9.78 Å². The van der Waals surface area contributed by atoms with Gasteiger partial charge in [0.15, 0.2) is 5.75 Å².